The Morgan fingerprint density at radius 2 is 1.89 bits per heavy atom. The molecule has 0 unspecified atom stereocenters. The first-order valence-electron chi connectivity index (χ1n) is 6.42. The molecule has 0 atom stereocenters. The van der Waals surface area contributed by atoms with Crippen molar-refractivity contribution >= 4 is 11.8 Å². The van der Waals surface area contributed by atoms with Crippen molar-refractivity contribution < 1.29 is 9.47 Å². The highest BCUT2D eigenvalue weighted by molar-refractivity contribution is 7.98. The molecule has 1 saturated carbocycles. The topological polar surface area (TPSA) is 30.5 Å². The maximum Gasteiger partial charge on any atom is 0.162 e. The van der Waals surface area contributed by atoms with Gasteiger partial charge in [-0.2, -0.15) is 0 Å². The Morgan fingerprint density at radius 3 is 2.50 bits per heavy atom. The molecular formula is C14H19NO2S. The van der Waals surface area contributed by atoms with Crippen molar-refractivity contribution in [2.45, 2.75) is 36.7 Å². The van der Waals surface area contributed by atoms with Gasteiger partial charge in [-0.1, -0.05) is 0 Å². The lowest BCUT2D eigenvalue weighted by Crippen LogP contribution is -2.27. The van der Waals surface area contributed by atoms with E-state index < -0.39 is 0 Å². The van der Waals surface area contributed by atoms with E-state index in [4.69, 9.17) is 9.47 Å². The molecule has 2 aliphatic rings. The van der Waals surface area contributed by atoms with Gasteiger partial charge in [0.25, 0.3) is 0 Å². The number of ether oxygens (including phenoxy) is 2. The van der Waals surface area contributed by atoms with Gasteiger partial charge >= 0.3 is 0 Å². The molecule has 0 saturated heterocycles. The Hall–Kier alpha value is -0.870. The minimum atomic E-state index is 0.364. The molecule has 0 radical (unpaired) electrons. The third kappa shape index (κ3) is 2.45. The van der Waals surface area contributed by atoms with Crippen molar-refractivity contribution in [2.75, 3.05) is 19.5 Å². The number of benzene rings is 1. The quantitative estimate of drug-likeness (QED) is 0.848. The zero-order valence-corrected chi connectivity index (χ0v) is 11.7. The lowest BCUT2D eigenvalue weighted by atomic mass is 10.1. The first-order chi connectivity index (χ1) is 8.70. The molecule has 0 amide bonds. The van der Waals surface area contributed by atoms with Crippen LogP contribution < -0.4 is 14.8 Å². The second kappa shape index (κ2) is 4.67. The average Bonchev–Trinajstić information content (AvgIpc) is 3.14. The van der Waals surface area contributed by atoms with Gasteiger partial charge in [0.1, 0.15) is 13.2 Å². The van der Waals surface area contributed by atoms with Gasteiger partial charge in [-0.25, -0.2) is 0 Å². The molecule has 1 heterocycles. The van der Waals surface area contributed by atoms with Gasteiger partial charge in [-0.3, -0.25) is 0 Å². The number of rotatable bonds is 4. The van der Waals surface area contributed by atoms with Crippen LogP contribution in [-0.4, -0.2) is 25.0 Å². The molecule has 3 nitrogen and oxygen atoms in total. The average molecular weight is 265 g/mol. The molecule has 98 valence electrons. The normalized spacial score (nSPS) is 19.7. The molecular weight excluding hydrogens is 246 g/mol. The largest absolute Gasteiger partial charge is 0.486 e. The van der Waals surface area contributed by atoms with E-state index >= 15 is 0 Å². The fraction of sp³-hybridized carbons (Fsp3) is 0.571. The van der Waals surface area contributed by atoms with Crippen LogP contribution >= 0.6 is 11.8 Å². The van der Waals surface area contributed by atoms with Crippen molar-refractivity contribution in [1.82, 2.24) is 5.32 Å². The molecule has 0 spiro atoms. The summed E-state index contributed by atoms with van der Waals surface area (Å²) >= 11 is 1.76. The minimum absolute atomic E-state index is 0.364. The van der Waals surface area contributed by atoms with Gasteiger partial charge in [-0.05, 0) is 43.7 Å². The van der Waals surface area contributed by atoms with Crippen LogP contribution in [0, 0.1) is 0 Å². The maximum atomic E-state index is 5.65. The summed E-state index contributed by atoms with van der Waals surface area (Å²) in [6.07, 6.45) is 4.67. The van der Waals surface area contributed by atoms with Crippen LogP contribution in [0.25, 0.3) is 0 Å². The predicted molar refractivity (Wildman–Crippen MR) is 73.7 cm³/mol. The Morgan fingerprint density at radius 1 is 1.22 bits per heavy atom. The van der Waals surface area contributed by atoms with Crippen molar-refractivity contribution in [3.05, 3.63) is 17.7 Å². The SMILES string of the molecule is CSc1cc2c(cc1CNC1(C)CC1)OCCO2. The Bertz CT molecular complexity index is 457. The van der Waals surface area contributed by atoms with E-state index in [0.29, 0.717) is 18.8 Å². The minimum Gasteiger partial charge on any atom is -0.486 e. The van der Waals surface area contributed by atoms with Crippen LogP contribution in [0.15, 0.2) is 17.0 Å². The van der Waals surface area contributed by atoms with E-state index in [-0.39, 0.29) is 0 Å². The van der Waals surface area contributed by atoms with E-state index in [9.17, 15) is 0 Å². The molecule has 1 aromatic carbocycles. The third-order valence-corrected chi connectivity index (χ3v) is 4.47. The summed E-state index contributed by atoms with van der Waals surface area (Å²) in [5.41, 5.74) is 1.67. The molecule has 1 aliphatic heterocycles. The monoisotopic (exact) mass is 265 g/mol. The second-order valence-electron chi connectivity index (χ2n) is 5.22. The summed E-state index contributed by atoms with van der Waals surface area (Å²) in [6, 6.07) is 4.23. The Labute approximate surface area is 112 Å². The number of fused-ring (bicyclic) bond motifs is 1. The van der Waals surface area contributed by atoms with Gasteiger partial charge in [0.15, 0.2) is 11.5 Å². The number of nitrogens with one attached hydrogen (secondary N) is 1. The smallest absolute Gasteiger partial charge is 0.162 e. The molecule has 0 aromatic heterocycles. The summed E-state index contributed by atoms with van der Waals surface area (Å²) in [7, 11) is 0. The summed E-state index contributed by atoms with van der Waals surface area (Å²) in [5, 5.41) is 3.62. The van der Waals surface area contributed by atoms with Crippen molar-refractivity contribution in [3.63, 3.8) is 0 Å². The number of hydrogen-bond donors (Lipinski definition) is 1. The van der Waals surface area contributed by atoms with Crippen LogP contribution in [-0.2, 0) is 6.54 Å². The molecule has 1 fully saturated rings. The van der Waals surface area contributed by atoms with E-state index in [1.165, 1.54) is 23.3 Å². The fourth-order valence-corrected chi connectivity index (χ4v) is 2.73. The van der Waals surface area contributed by atoms with Crippen molar-refractivity contribution in [3.8, 4) is 11.5 Å². The summed E-state index contributed by atoms with van der Waals surface area (Å²) < 4.78 is 11.3. The van der Waals surface area contributed by atoms with Crippen LogP contribution in [0.4, 0.5) is 0 Å². The lowest BCUT2D eigenvalue weighted by Gasteiger charge is -2.21. The zero-order chi connectivity index (χ0) is 12.6. The molecule has 1 N–H and O–H groups in total. The first kappa shape index (κ1) is 12.2. The van der Waals surface area contributed by atoms with Crippen molar-refractivity contribution in [1.29, 1.82) is 0 Å². The first-order valence-corrected chi connectivity index (χ1v) is 7.64. The Balaban J connectivity index is 1.82. The highest BCUT2D eigenvalue weighted by Gasteiger charge is 2.36. The number of thioether (sulfide) groups is 1. The summed E-state index contributed by atoms with van der Waals surface area (Å²) in [6.45, 7) is 4.49. The molecule has 1 aliphatic carbocycles. The van der Waals surface area contributed by atoms with Crippen LogP contribution in [0.1, 0.15) is 25.3 Å². The Kier molecular flexibility index (Phi) is 3.16. The summed E-state index contributed by atoms with van der Waals surface area (Å²) in [5.74, 6) is 1.77. The second-order valence-corrected chi connectivity index (χ2v) is 6.07. The predicted octanol–water partition coefficient (Wildman–Crippen LogP) is 2.82. The molecule has 4 heteroatoms. The maximum absolute atomic E-state index is 5.65. The van der Waals surface area contributed by atoms with Gasteiger partial charge in [-0.15, -0.1) is 11.8 Å². The van der Waals surface area contributed by atoms with E-state index in [2.05, 4.69) is 30.6 Å². The van der Waals surface area contributed by atoms with Gasteiger partial charge < -0.3 is 14.8 Å². The number of hydrogen-bond acceptors (Lipinski definition) is 4. The van der Waals surface area contributed by atoms with E-state index in [1.807, 2.05) is 0 Å². The molecule has 3 rings (SSSR count). The van der Waals surface area contributed by atoms with Gasteiger partial charge in [0.2, 0.25) is 0 Å². The zero-order valence-electron chi connectivity index (χ0n) is 10.9. The van der Waals surface area contributed by atoms with Crippen LogP contribution in [0.2, 0.25) is 0 Å². The van der Waals surface area contributed by atoms with Gasteiger partial charge in [0.05, 0.1) is 0 Å². The van der Waals surface area contributed by atoms with Crippen LogP contribution in [0.3, 0.4) is 0 Å². The standard InChI is InChI=1S/C14H19NO2S/c1-14(3-4-14)15-9-10-7-11-12(8-13(10)18-2)17-6-5-16-11/h7-8,15H,3-6,9H2,1-2H3. The fourth-order valence-electron chi connectivity index (χ4n) is 2.11. The molecule has 1 aromatic rings. The highest BCUT2D eigenvalue weighted by atomic mass is 32.2. The molecule has 18 heavy (non-hydrogen) atoms. The highest BCUT2D eigenvalue weighted by Crippen LogP contribution is 2.38. The van der Waals surface area contributed by atoms with Crippen molar-refractivity contribution in [2.24, 2.45) is 0 Å². The van der Waals surface area contributed by atoms with Gasteiger partial charge in [0, 0.05) is 17.0 Å². The van der Waals surface area contributed by atoms with Crippen LogP contribution in [0.5, 0.6) is 11.5 Å². The lowest BCUT2D eigenvalue weighted by molar-refractivity contribution is 0.171. The summed E-state index contributed by atoms with van der Waals surface area (Å²) in [4.78, 5) is 1.27. The van der Waals surface area contributed by atoms with E-state index in [1.54, 1.807) is 11.8 Å². The third-order valence-electron chi connectivity index (χ3n) is 3.65. The molecule has 0 bridgehead atoms. The van der Waals surface area contributed by atoms with E-state index in [0.717, 1.165) is 18.0 Å².